The van der Waals surface area contributed by atoms with Crippen LogP contribution in [0.15, 0.2) is 48.5 Å². The normalized spacial score (nSPS) is 22.7. The maximum atomic E-state index is 10.9. The summed E-state index contributed by atoms with van der Waals surface area (Å²) in [6, 6.07) is 13.4. The van der Waals surface area contributed by atoms with Gasteiger partial charge in [-0.3, -0.25) is 0 Å². The van der Waals surface area contributed by atoms with Gasteiger partial charge < -0.3 is 53.6 Å². The fraction of sp³-hybridized carbons (Fsp3) is 0.419. The quantitative estimate of drug-likeness (QED) is 0.262. The fourth-order valence-electron chi connectivity index (χ4n) is 5.73. The molecule has 0 radical (unpaired) electrons. The minimum atomic E-state index is -1.21. The summed E-state index contributed by atoms with van der Waals surface area (Å²) in [5.41, 5.74) is 2.12. The first-order valence-corrected chi connectivity index (χ1v) is 13.5. The van der Waals surface area contributed by atoms with Crippen LogP contribution >= 0.6 is 0 Å². The lowest BCUT2D eigenvalue weighted by Crippen LogP contribution is -2.29. The lowest BCUT2D eigenvalue weighted by Gasteiger charge is -2.25. The Kier molecular flexibility index (Phi) is 8.83. The lowest BCUT2D eigenvalue weighted by atomic mass is 9.84. The second-order valence-electron chi connectivity index (χ2n) is 10.2. The Bertz CT molecular complexity index is 1370. The molecule has 2 aliphatic rings. The predicted octanol–water partition coefficient (Wildman–Crippen LogP) is 3.68. The molecule has 11 nitrogen and oxygen atoms in total. The number of ether oxygens (including phenoxy) is 7. The van der Waals surface area contributed by atoms with Crippen LogP contribution in [0, 0.1) is 11.8 Å². The van der Waals surface area contributed by atoms with E-state index in [4.69, 9.17) is 33.2 Å². The second kappa shape index (κ2) is 12.5. The highest BCUT2D eigenvalue weighted by molar-refractivity contribution is 5.53. The van der Waals surface area contributed by atoms with Gasteiger partial charge in [0.15, 0.2) is 40.6 Å². The van der Waals surface area contributed by atoms with Crippen molar-refractivity contribution in [2.24, 2.45) is 11.8 Å². The molecule has 5 rings (SSSR count). The van der Waals surface area contributed by atoms with Crippen LogP contribution < -0.4 is 23.7 Å². The van der Waals surface area contributed by atoms with Crippen molar-refractivity contribution in [3.63, 3.8) is 0 Å². The number of aromatic hydroxyl groups is 2. The number of hydrogen-bond donors (Lipinski definition) is 4. The van der Waals surface area contributed by atoms with E-state index in [9.17, 15) is 20.4 Å². The van der Waals surface area contributed by atoms with Gasteiger partial charge in [0.2, 0.25) is 5.75 Å². The molecule has 4 N–H and O–H groups in total. The first-order valence-electron chi connectivity index (χ1n) is 13.5. The van der Waals surface area contributed by atoms with E-state index in [1.165, 1.54) is 46.6 Å². The Hall–Kier alpha value is -3.90. The highest BCUT2D eigenvalue weighted by Crippen LogP contribution is 2.52. The second-order valence-corrected chi connectivity index (χ2v) is 10.2. The zero-order valence-electron chi connectivity index (χ0n) is 23.9. The van der Waals surface area contributed by atoms with E-state index in [0.29, 0.717) is 41.8 Å². The summed E-state index contributed by atoms with van der Waals surface area (Å²) >= 11 is 0. The van der Waals surface area contributed by atoms with E-state index >= 15 is 0 Å². The molecule has 0 bridgehead atoms. The Morgan fingerprint density at radius 3 is 1.86 bits per heavy atom. The third-order valence-electron chi connectivity index (χ3n) is 7.97. The van der Waals surface area contributed by atoms with E-state index in [1.807, 2.05) is 12.1 Å². The summed E-state index contributed by atoms with van der Waals surface area (Å²) < 4.78 is 39.9. The van der Waals surface area contributed by atoms with Crippen LogP contribution in [0.3, 0.4) is 0 Å². The smallest absolute Gasteiger partial charge is 0.200 e. The minimum absolute atomic E-state index is 0.0621. The average molecular weight is 585 g/mol. The molecule has 11 heteroatoms. The highest BCUT2D eigenvalue weighted by atomic mass is 16.5. The first kappa shape index (κ1) is 29.6. The molecule has 3 aromatic carbocycles. The van der Waals surface area contributed by atoms with E-state index in [-0.39, 0.29) is 41.3 Å². The molecule has 2 fully saturated rings. The number of aliphatic hydroxyl groups is 2. The number of benzene rings is 3. The van der Waals surface area contributed by atoms with Gasteiger partial charge in [0, 0.05) is 11.8 Å². The topological polar surface area (TPSA) is 146 Å². The summed E-state index contributed by atoms with van der Waals surface area (Å²) in [5.74, 6) is 1.56. The molecular weight excluding hydrogens is 548 g/mol. The van der Waals surface area contributed by atoms with Gasteiger partial charge in [-0.15, -0.1) is 0 Å². The van der Waals surface area contributed by atoms with Crippen molar-refractivity contribution in [3.8, 4) is 40.2 Å². The van der Waals surface area contributed by atoms with Crippen LogP contribution in [0.2, 0.25) is 0 Å². The lowest BCUT2D eigenvalue weighted by molar-refractivity contribution is -0.000695. The number of hydrogen-bond acceptors (Lipinski definition) is 11. The van der Waals surface area contributed by atoms with E-state index < -0.39 is 18.8 Å². The first-order chi connectivity index (χ1) is 20.3. The van der Waals surface area contributed by atoms with Crippen molar-refractivity contribution < 1.29 is 53.6 Å². The van der Waals surface area contributed by atoms with Gasteiger partial charge in [-0.05, 0) is 53.1 Å². The van der Waals surface area contributed by atoms with Gasteiger partial charge in [0.05, 0.1) is 60.5 Å². The maximum absolute atomic E-state index is 10.9. The zero-order chi connectivity index (χ0) is 30.0. The van der Waals surface area contributed by atoms with Gasteiger partial charge >= 0.3 is 0 Å². The molecule has 6 atom stereocenters. The third kappa shape index (κ3) is 5.48. The number of aliphatic hydroxyl groups excluding tert-OH is 2. The maximum Gasteiger partial charge on any atom is 0.200 e. The molecule has 0 saturated carbocycles. The van der Waals surface area contributed by atoms with Gasteiger partial charge in [0.1, 0.15) is 6.10 Å². The van der Waals surface area contributed by atoms with Gasteiger partial charge in [-0.2, -0.15) is 0 Å². The van der Waals surface area contributed by atoms with E-state index in [1.54, 1.807) is 18.2 Å². The Morgan fingerprint density at radius 1 is 0.714 bits per heavy atom. The summed E-state index contributed by atoms with van der Waals surface area (Å²) in [6.45, 7) is 0.470. The van der Waals surface area contributed by atoms with Crippen LogP contribution in [0.1, 0.15) is 35.0 Å². The minimum Gasteiger partial charge on any atom is -0.504 e. The Morgan fingerprint density at radius 2 is 1.29 bits per heavy atom. The fourth-order valence-corrected chi connectivity index (χ4v) is 5.73. The molecule has 0 amide bonds. The summed E-state index contributed by atoms with van der Waals surface area (Å²) in [5, 5.41) is 41.1. The Balaban J connectivity index is 1.33. The van der Waals surface area contributed by atoms with Crippen molar-refractivity contribution in [1.82, 2.24) is 0 Å². The number of phenolic OH excluding ortho intramolecular Hbond substituents is 2. The average Bonchev–Trinajstić information content (AvgIpc) is 3.63. The molecule has 3 aromatic rings. The monoisotopic (exact) mass is 584 g/mol. The van der Waals surface area contributed by atoms with Gasteiger partial charge in [-0.1, -0.05) is 12.1 Å². The van der Waals surface area contributed by atoms with Gasteiger partial charge in [-0.25, -0.2) is 0 Å². The molecule has 2 saturated heterocycles. The van der Waals surface area contributed by atoms with Crippen LogP contribution in [-0.4, -0.2) is 74.8 Å². The zero-order valence-corrected chi connectivity index (χ0v) is 23.9. The van der Waals surface area contributed by atoms with Crippen LogP contribution in [0.5, 0.6) is 40.2 Å². The number of fused-ring (bicyclic) bond motifs is 1. The molecule has 2 unspecified atom stereocenters. The molecule has 2 aliphatic heterocycles. The molecular formula is C31H36O11. The van der Waals surface area contributed by atoms with Crippen molar-refractivity contribution in [2.75, 3.05) is 48.3 Å². The number of methoxy groups -OCH3 is 4. The molecule has 226 valence electrons. The van der Waals surface area contributed by atoms with Crippen molar-refractivity contribution in [3.05, 3.63) is 65.2 Å². The number of rotatable bonds is 11. The molecule has 0 aliphatic carbocycles. The Labute approximate surface area is 243 Å². The molecule has 2 heterocycles. The van der Waals surface area contributed by atoms with Crippen LogP contribution in [-0.2, 0) is 9.47 Å². The molecule has 0 aromatic heterocycles. The number of phenols is 2. The van der Waals surface area contributed by atoms with Gasteiger partial charge in [0.25, 0.3) is 0 Å². The van der Waals surface area contributed by atoms with Crippen molar-refractivity contribution in [2.45, 2.75) is 24.4 Å². The standard InChI is InChI=1S/C31H36O11/c1-36-23-9-16(5-7-21(23)33)28(34)27(13-32)42-22-8-6-17(10-24(22)37-2)30-19-14-41-31(20(19)15-40-30)18-11-25(38-3)29(35)26(12-18)39-4/h5-12,19-20,27-28,30-35H,13-15H2,1-4H3/t19-,20-,27?,28?,30+,31+/m1/s1. The predicted molar refractivity (Wildman–Crippen MR) is 150 cm³/mol. The van der Waals surface area contributed by atoms with Crippen LogP contribution in [0.25, 0.3) is 0 Å². The van der Waals surface area contributed by atoms with Crippen LogP contribution in [0.4, 0.5) is 0 Å². The summed E-state index contributed by atoms with van der Waals surface area (Å²) in [6.07, 6.45) is -2.75. The summed E-state index contributed by atoms with van der Waals surface area (Å²) in [7, 11) is 5.90. The van der Waals surface area contributed by atoms with Crippen molar-refractivity contribution >= 4 is 0 Å². The van der Waals surface area contributed by atoms with E-state index in [2.05, 4.69) is 0 Å². The third-order valence-corrected chi connectivity index (χ3v) is 7.97. The van der Waals surface area contributed by atoms with Crippen molar-refractivity contribution in [1.29, 1.82) is 0 Å². The highest BCUT2D eigenvalue weighted by Gasteiger charge is 2.48. The largest absolute Gasteiger partial charge is 0.504 e. The molecule has 0 spiro atoms. The van der Waals surface area contributed by atoms with E-state index in [0.717, 1.165) is 11.1 Å². The molecule has 42 heavy (non-hydrogen) atoms. The SMILES string of the molecule is COc1cc(C(O)C(CO)Oc2ccc([C@@H]3OC[C@@H]4[C@H]3CO[C@H]4c3cc(OC)c(O)c(OC)c3)cc2OC)ccc1O. The summed E-state index contributed by atoms with van der Waals surface area (Å²) in [4.78, 5) is 0.